The van der Waals surface area contributed by atoms with Crippen molar-refractivity contribution in [1.29, 1.82) is 0 Å². The standard InChI is InChI=1S/C31H40N6O/c1-4-24-26-19-23(9-10-28(26)33-31(24)25-7-5-8-29-27(25)20-32-35(29)3)22-11-15-37(16-12-22)30(38)21-36-14-6-13-34(2)17-18-36/h5,7-10,19-20,22,33H,4,6,11-18,21H2,1-3H3. The number of aryl methyl sites for hydroxylation is 2. The first-order chi connectivity index (χ1) is 18.5. The van der Waals surface area contributed by atoms with E-state index in [4.69, 9.17) is 0 Å². The fraction of sp³-hybridized carbons (Fsp3) is 0.484. The van der Waals surface area contributed by atoms with Gasteiger partial charge in [0.25, 0.3) is 0 Å². The van der Waals surface area contributed by atoms with Crippen molar-refractivity contribution in [2.24, 2.45) is 7.05 Å². The molecule has 7 nitrogen and oxygen atoms in total. The van der Waals surface area contributed by atoms with Crippen LogP contribution in [0.15, 0.2) is 42.6 Å². The average Bonchev–Trinajstić information content (AvgIpc) is 3.43. The van der Waals surface area contributed by atoms with Crippen LogP contribution in [0.1, 0.15) is 43.2 Å². The van der Waals surface area contributed by atoms with Crippen molar-refractivity contribution in [2.75, 3.05) is 52.9 Å². The van der Waals surface area contributed by atoms with Crippen molar-refractivity contribution < 1.29 is 4.79 Å². The number of rotatable bonds is 5. The van der Waals surface area contributed by atoms with Crippen LogP contribution in [0.3, 0.4) is 0 Å². The number of piperidine rings is 1. The number of likely N-dealkylation sites (tertiary alicyclic amines) is 1. The van der Waals surface area contributed by atoms with Crippen LogP contribution in [-0.2, 0) is 18.3 Å². The highest BCUT2D eigenvalue weighted by molar-refractivity contribution is 5.99. The first kappa shape index (κ1) is 25.1. The highest BCUT2D eigenvalue weighted by atomic mass is 16.2. The fourth-order valence-corrected chi connectivity index (χ4v) is 6.52. The summed E-state index contributed by atoms with van der Waals surface area (Å²) < 4.78 is 1.94. The summed E-state index contributed by atoms with van der Waals surface area (Å²) in [7, 11) is 4.17. The van der Waals surface area contributed by atoms with E-state index in [1.165, 1.54) is 38.7 Å². The summed E-state index contributed by atoms with van der Waals surface area (Å²) in [5.74, 6) is 0.802. The normalized spacial score (nSPS) is 18.4. The predicted molar refractivity (Wildman–Crippen MR) is 154 cm³/mol. The molecule has 0 unspecified atom stereocenters. The summed E-state index contributed by atoms with van der Waals surface area (Å²) in [6, 6.07) is 13.4. The largest absolute Gasteiger partial charge is 0.354 e. The molecule has 2 aliphatic heterocycles. The number of hydrogen-bond acceptors (Lipinski definition) is 4. The lowest BCUT2D eigenvalue weighted by molar-refractivity contribution is -0.133. The van der Waals surface area contributed by atoms with E-state index in [0.717, 1.165) is 70.5 Å². The Hall–Kier alpha value is -3.16. The third kappa shape index (κ3) is 4.74. The average molecular weight is 513 g/mol. The molecule has 2 saturated heterocycles. The van der Waals surface area contributed by atoms with Crippen molar-refractivity contribution in [3.8, 4) is 11.3 Å². The molecule has 1 N–H and O–H groups in total. The van der Waals surface area contributed by atoms with E-state index in [2.05, 4.69) is 75.2 Å². The lowest BCUT2D eigenvalue weighted by Crippen LogP contribution is -2.44. The van der Waals surface area contributed by atoms with Crippen molar-refractivity contribution in [3.63, 3.8) is 0 Å². The minimum absolute atomic E-state index is 0.302. The van der Waals surface area contributed by atoms with Gasteiger partial charge in [0.1, 0.15) is 0 Å². The van der Waals surface area contributed by atoms with Crippen LogP contribution in [-0.4, -0.2) is 88.2 Å². The van der Waals surface area contributed by atoms with Crippen molar-refractivity contribution >= 4 is 27.7 Å². The van der Waals surface area contributed by atoms with Gasteiger partial charge in [0.05, 0.1) is 24.0 Å². The maximum Gasteiger partial charge on any atom is 0.236 e. The Balaban J connectivity index is 1.18. The second-order valence-corrected chi connectivity index (χ2v) is 11.2. The second-order valence-electron chi connectivity index (χ2n) is 11.2. The molecule has 2 fully saturated rings. The fourth-order valence-electron chi connectivity index (χ4n) is 6.52. The number of aromatic nitrogens is 3. The van der Waals surface area contributed by atoms with Crippen molar-refractivity contribution in [1.82, 2.24) is 29.5 Å². The molecule has 1 amide bonds. The van der Waals surface area contributed by atoms with Gasteiger partial charge in [-0.3, -0.25) is 14.4 Å². The van der Waals surface area contributed by atoms with E-state index in [1.807, 2.05) is 17.9 Å². The minimum Gasteiger partial charge on any atom is -0.354 e. The molecule has 4 heterocycles. The molecule has 2 aromatic carbocycles. The number of hydrogen-bond donors (Lipinski definition) is 1. The van der Waals surface area contributed by atoms with E-state index < -0.39 is 0 Å². The number of carbonyl (C=O) groups excluding carboxylic acids is 1. The monoisotopic (exact) mass is 512 g/mol. The summed E-state index contributed by atoms with van der Waals surface area (Å²) in [5.41, 5.74) is 7.53. The molecule has 200 valence electrons. The summed E-state index contributed by atoms with van der Waals surface area (Å²) in [6.45, 7) is 8.73. The Bertz CT molecular complexity index is 1440. The van der Waals surface area contributed by atoms with Gasteiger partial charge >= 0.3 is 0 Å². The molecule has 38 heavy (non-hydrogen) atoms. The minimum atomic E-state index is 0.302. The van der Waals surface area contributed by atoms with Crippen LogP contribution < -0.4 is 0 Å². The van der Waals surface area contributed by atoms with Crippen LogP contribution in [0.4, 0.5) is 0 Å². The van der Waals surface area contributed by atoms with Crippen LogP contribution >= 0.6 is 0 Å². The zero-order valence-corrected chi connectivity index (χ0v) is 23.0. The quantitative estimate of drug-likeness (QED) is 0.424. The highest BCUT2D eigenvalue weighted by Gasteiger charge is 2.26. The molecule has 0 radical (unpaired) electrons. The lowest BCUT2D eigenvalue weighted by Gasteiger charge is -2.33. The number of benzene rings is 2. The molecular formula is C31H40N6O. The predicted octanol–water partition coefficient (Wildman–Crippen LogP) is 4.63. The van der Waals surface area contributed by atoms with Gasteiger partial charge in [-0.2, -0.15) is 5.10 Å². The number of H-pyrrole nitrogens is 1. The Morgan fingerprint density at radius 2 is 1.84 bits per heavy atom. The van der Waals surface area contributed by atoms with E-state index in [0.29, 0.717) is 18.4 Å². The van der Waals surface area contributed by atoms with E-state index in [1.54, 1.807) is 0 Å². The first-order valence-corrected chi connectivity index (χ1v) is 14.3. The molecule has 0 bridgehead atoms. The molecule has 0 aliphatic carbocycles. The Labute approximate surface area is 225 Å². The number of fused-ring (bicyclic) bond motifs is 2. The molecular weight excluding hydrogens is 472 g/mol. The lowest BCUT2D eigenvalue weighted by atomic mass is 9.88. The maximum atomic E-state index is 13.1. The van der Waals surface area contributed by atoms with Gasteiger partial charge < -0.3 is 14.8 Å². The molecule has 6 rings (SSSR count). The smallest absolute Gasteiger partial charge is 0.236 e. The third-order valence-electron chi connectivity index (χ3n) is 8.83. The van der Waals surface area contributed by atoms with Crippen LogP contribution in [0.5, 0.6) is 0 Å². The van der Waals surface area contributed by atoms with Crippen LogP contribution in [0.2, 0.25) is 0 Å². The molecule has 7 heteroatoms. The number of nitrogens with one attached hydrogen (secondary N) is 1. The summed E-state index contributed by atoms with van der Waals surface area (Å²) in [5, 5.41) is 7.00. The zero-order chi connectivity index (χ0) is 26.2. The van der Waals surface area contributed by atoms with E-state index in [-0.39, 0.29) is 0 Å². The van der Waals surface area contributed by atoms with Crippen molar-refractivity contribution in [3.05, 3.63) is 53.7 Å². The summed E-state index contributed by atoms with van der Waals surface area (Å²) in [6.07, 6.45) is 6.16. The molecule has 0 spiro atoms. The van der Waals surface area contributed by atoms with Crippen LogP contribution in [0.25, 0.3) is 33.1 Å². The Kier molecular flexibility index (Phi) is 6.97. The van der Waals surface area contributed by atoms with E-state index in [9.17, 15) is 4.79 Å². The number of amides is 1. The molecule has 4 aromatic rings. The Morgan fingerprint density at radius 1 is 1.00 bits per heavy atom. The SMILES string of the molecule is CCc1c(-c2cccc3c2cnn3C)[nH]c2ccc(C3CCN(C(=O)CN4CCCN(C)CC4)CC3)cc12. The van der Waals surface area contributed by atoms with Gasteiger partial charge in [-0.1, -0.05) is 25.1 Å². The number of carbonyl (C=O) groups is 1. The number of likely N-dealkylation sites (N-methyl/N-ethyl adjacent to an activating group) is 1. The van der Waals surface area contributed by atoms with Crippen molar-refractivity contribution in [2.45, 2.75) is 38.5 Å². The first-order valence-electron chi connectivity index (χ1n) is 14.3. The zero-order valence-electron chi connectivity index (χ0n) is 23.0. The van der Waals surface area contributed by atoms with Gasteiger partial charge in [-0.25, -0.2) is 0 Å². The molecule has 2 aliphatic rings. The molecule has 2 aromatic heterocycles. The number of nitrogens with zero attached hydrogens (tertiary/aromatic N) is 5. The third-order valence-corrected chi connectivity index (χ3v) is 8.83. The van der Waals surface area contributed by atoms with Gasteiger partial charge in [-0.05, 0) is 81.1 Å². The van der Waals surface area contributed by atoms with Gasteiger partial charge in [0.15, 0.2) is 0 Å². The number of aromatic amines is 1. The van der Waals surface area contributed by atoms with Gasteiger partial charge in [-0.15, -0.1) is 0 Å². The van der Waals surface area contributed by atoms with Crippen LogP contribution in [0, 0.1) is 0 Å². The Morgan fingerprint density at radius 3 is 2.66 bits per heavy atom. The topological polar surface area (TPSA) is 60.4 Å². The highest BCUT2D eigenvalue weighted by Crippen LogP contribution is 2.37. The maximum absolute atomic E-state index is 13.1. The summed E-state index contributed by atoms with van der Waals surface area (Å²) in [4.78, 5) is 23.6. The molecule has 0 saturated carbocycles. The molecule has 0 atom stereocenters. The second kappa shape index (κ2) is 10.5. The van der Waals surface area contributed by atoms with E-state index >= 15 is 0 Å². The summed E-state index contributed by atoms with van der Waals surface area (Å²) >= 11 is 0. The van der Waals surface area contributed by atoms with Gasteiger partial charge in [0.2, 0.25) is 5.91 Å². The van der Waals surface area contributed by atoms with Gasteiger partial charge in [0, 0.05) is 55.1 Å².